The lowest BCUT2D eigenvalue weighted by Crippen LogP contribution is -2.41. The zero-order valence-corrected chi connectivity index (χ0v) is 14.4. The molecule has 7 nitrogen and oxygen atoms in total. The average molecular weight is 358 g/mol. The van der Waals surface area contributed by atoms with Crippen molar-refractivity contribution in [2.24, 2.45) is 14.1 Å². The molecule has 0 saturated carbocycles. The molecule has 0 amide bonds. The standard InChI is InChI=1S/C14H16ClN3O4S/c1-16-9-12(13(19)18(3)14(16)20)23(21,22)17(2)8-10-6-4-5-7-11(10)15/h4-7,9H,8H2,1-3H3. The van der Waals surface area contributed by atoms with Gasteiger partial charge in [0.05, 0.1) is 0 Å². The van der Waals surface area contributed by atoms with Crippen LogP contribution in [0.25, 0.3) is 0 Å². The topological polar surface area (TPSA) is 81.4 Å². The van der Waals surface area contributed by atoms with Gasteiger partial charge in [0.15, 0.2) is 4.90 Å². The fraction of sp³-hybridized carbons (Fsp3) is 0.286. The second-order valence-electron chi connectivity index (χ2n) is 5.10. The summed E-state index contributed by atoms with van der Waals surface area (Å²) in [7, 11) is -0.0967. The highest BCUT2D eigenvalue weighted by Gasteiger charge is 2.26. The minimum atomic E-state index is -4.06. The first-order valence-electron chi connectivity index (χ1n) is 6.62. The second-order valence-corrected chi connectivity index (χ2v) is 7.52. The first-order valence-corrected chi connectivity index (χ1v) is 8.44. The predicted octanol–water partition coefficient (Wildman–Crippen LogP) is 0.558. The van der Waals surface area contributed by atoms with Crippen molar-refractivity contribution in [2.45, 2.75) is 11.4 Å². The Morgan fingerprint density at radius 3 is 2.39 bits per heavy atom. The smallest absolute Gasteiger partial charge is 0.302 e. The lowest BCUT2D eigenvalue weighted by molar-refractivity contribution is 0.462. The fourth-order valence-electron chi connectivity index (χ4n) is 2.07. The summed E-state index contributed by atoms with van der Waals surface area (Å²) in [5, 5.41) is 0.433. The Morgan fingerprint density at radius 2 is 1.78 bits per heavy atom. The maximum absolute atomic E-state index is 12.6. The number of benzene rings is 1. The summed E-state index contributed by atoms with van der Waals surface area (Å²) in [4.78, 5) is 23.3. The zero-order chi connectivity index (χ0) is 17.4. The first kappa shape index (κ1) is 17.5. The van der Waals surface area contributed by atoms with Crippen molar-refractivity contribution >= 4 is 21.6 Å². The van der Waals surface area contributed by atoms with Gasteiger partial charge in [0.2, 0.25) is 10.0 Å². The van der Waals surface area contributed by atoms with E-state index in [1.807, 2.05) is 0 Å². The van der Waals surface area contributed by atoms with Crippen LogP contribution in [0.2, 0.25) is 5.02 Å². The Labute approximate surface area is 138 Å². The molecular formula is C14H16ClN3O4S. The van der Waals surface area contributed by atoms with Crippen molar-refractivity contribution in [1.82, 2.24) is 13.4 Å². The third-order valence-electron chi connectivity index (χ3n) is 3.45. The normalized spacial score (nSPS) is 11.9. The molecule has 0 fully saturated rings. The number of halogens is 1. The second kappa shape index (κ2) is 6.31. The zero-order valence-electron chi connectivity index (χ0n) is 12.9. The molecule has 23 heavy (non-hydrogen) atoms. The van der Waals surface area contributed by atoms with E-state index in [9.17, 15) is 18.0 Å². The van der Waals surface area contributed by atoms with Crippen molar-refractivity contribution in [1.29, 1.82) is 0 Å². The molecule has 0 radical (unpaired) electrons. The average Bonchev–Trinajstić information content (AvgIpc) is 2.50. The Bertz CT molecular complexity index is 963. The number of hydrogen-bond acceptors (Lipinski definition) is 4. The summed E-state index contributed by atoms with van der Waals surface area (Å²) < 4.78 is 28.1. The van der Waals surface area contributed by atoms with Gasteiger partial charge in [-0.25, -0.2) is 13.2 Å². The van der Waals surface area contributed by atoms with Gasteiger partial charge in [0.1, 0.15) is 0 Å². The molecule has 124 valence electrons. The fourth-order valence-corrected chi connectivity index (χ4v) is 3.56. The van der Waals surface area contributed by atoms with E-state index in [2.05, 4.69) is 0 Å². The molecule has 9 heteroatoms. The predicted molar refractivity (Wildman–Crippen MR) is 87.0 cm³/mol. The van der Waals surface area contributed by atoms with Gasteiger partial charge < -0.3 is 4.57 Å². The summed E-state index contributed by atoms with van der Waals surface area (Å²) in [6, 6.07) is 6.84. The van der Waals surface area contributed by atoms with Gasteiger partial charge in [0.25, 0.3) is 5.56 Å². The molecule has 0 unspecified atom stereocenters. The molecule has 0 saturated heterocycles. The van der Waals surface area contributed by atoms with Gasteiger partial charge in [-0.1, -0.05) is 29.8 Å². The minimum Gasteiger partial charge on any atom is -0.302 e. The Hall–Kier alpha value is -1.90. The van der Waals surface area contributed by atoms with Crippen molar-refractivity contribution in [3.8, 4) is 0 Å². The minimum absolute atomic E-state index is 0.00794. The maximum atomic E-state index is 12.6. The van der Waals surface area contributed by atoms with Gasteiger partial charge in [0, 0.05) is 38.9 Å². The summed E-state index contributed by atoms with van der Waals surface area (Å²) in [6.45, 7) is 0.00794. The van der Waals surface area contributed by atoms with Crippen LogP contribution in [0.15, 0.2) is 44.9 Å². The summed E-state index contributed by atoms with van der Waals surface area (Å²) in [5.74, 6) is 0. The van der Waals surface area contributed by atoms with E-state index >= 15 is 0 Å². The van der Waals surface area contributed by atoms with Crippen molar-refractivity contribution in [3.05, 3.63) is 61.9 Å². The largest absolute Gasteiger partial charge is 0.330 e. The van der Waals surface area contributed by atoms with Crippen LogP contribution in [0.1, 0.15) is 5.56 Å². The van der Waals surface area contributed by atoms with Gasteiger partial charge >= 0.3 is 5.69 Å². The molecule has 0 atom stereocenters. The van der Waals surface area contributed by atoms with Crippen molar-refractivity contribution < 1.29 is 8.42 Å². The quantitative estimate of drug-likeness (QED) is 0.800. The van der Waals surface area contributed by atoms with Crippen molar-refractivity contribution in [2.75, 3.05) is 7.05 Å². The lowest BCUT2D eigenvalue weighted by atomic mass is 10.2. The van der Waals surface area contributed by atoms with Crippen LogP contribution in [0.3, 0.4) is 0 Å². The molecule has 2 rings (SSSR count). The molecule has 0 spiro atoms. The molecule has 0 aliphatic rings. The van der Waals surface area contributed by atoms with Crippen LogP contribution < -0.4 is 11.2 Å². The molecular weight excluding hydrogens is 342 g/mol. The van der Waals surface area contributed by atoms with Crippen LogP contribution in [-0.2, 0) is 30.7 Å². The van der Waals surface area contributed by atoms with Gasteiger partial charge in [-0.05, 0) is 11.6 Å². The number of sulfonamides is 1. The highest BCUT2D eigenvalue weighted by atomic mass is 35.5. The van der Waals surface area contributed by atoms with E-state index in [1.165, 1.54) is 21.1 Å². The number of nitrogens with zero attached hydrogens (tertiary/aromatic N) is 3. The van der Waals surface area contributed by atoms with E-state index < -0.39 is 26.2 Å². The Balaban J connectivity index is 2.49. The van der Waals surface area contributed by atoms with Crippen LogP contribution in [-0.4, -0.2) is 28.9 Å². The lowest BCUT2D eigenvalue weighted by Gasteiger charge is -2.18. The monoisotopic (exact) mass is 357 g/mol. The van der Waals surface area contributed by atoms with Gasteiger partial charge in [-0.3, -0.25) is 9.36 Å². The molecule has 0 N–H and O–H groups in total. The third kappa shape index (κ3) is 3.24. The molecule has 1 aromatic carbocycles. The number of rotatable bonds is 4. The van der Waals surface area contributed by atoms with E-state index in [1.54, 1.807) is 24.3 Å². The highest BCUT2D eigenvalue weighted by molar-refractivity contribution is 7.89. The number of aryl methyl sites for hydroxylation is 1. The van der Waals surface area contributed by atoms with Crippen LogP contribution in [0.4, 0.5) is 0 Å². The molecule has 0 aliphatic carbocycles. The van der Waals surface area contributed by atoms with Crippen LogP contribution >= 0.6 is 11.6 Å². The van der Waals surface area contributed by atoms with E-state index in [-0.39, 0.29) is 6.54 Å². The highest BCUT2D eigenvalue weighted by Crippen LogP contribution is 2.19. The molecule has 1 heterocycles. The third-order valence-corrected chi connectivity index (χ3v) is 5.61. The van der Waals surface area contributed by atoms with Crippen LogP contribution in [0, 0.1) is 0 Å². The molecule has 0 aliphatic heterocycles. The molecule has 1 aromatic heterocycles. The number of hydrogen-bond donors (Lipinski definition) is 0. The van der Waals surface area contributed by atoms with Crippen molar-refractivity contribution in [3.63, 3.8) is 0 Å². The summed E-state index contributed by atoms with van der Waals surface area (Å²) in [6.07, 6.45) is 1.03. The van der Waals surface area contributed by atoms with E-state index in [4.69, 9.17) is 11.6 Å². The van der Waals surface area contributed by atoms with Gasteiger partial charge in [-0.15, -0.1) is 0 Å². The molecule has 2 aromatic rings. The van der Waals surface area contributed by atoms with E-state index in [0.717, 1.165) is 19.6 Å². The summed E-state index contributed by atoms with van der Waals surface area (Å²) >= 11 is 6.03. The molecule has 0 bridgehead atoms. The van der Waals surface area contributed by atoms with E-state index in [0.29, 0.717) is 10.6 Å². The SMILES string of the molecule is CN(Cc1ccccc1Cl)S(=O)(=O)c1cn(C)c(=O)n(C)c1=O. The summed E-state index contributed by atoms with van der Waals surface area (Å²) in [5.41, 5.74) is -0.844. The van der Waals surface area contributed by atoms with Gasteiger partial charge in [-0.2, -0.15) is 4.31 Å². The van der Waals surface area contributed by atoms with Crippen LogP contribution in [0.5, 0.6) is 0 Å². The number of aromatic nitrogens is 2. The first-order chi connectivity index (χ1) is 10.7. The maximum Gasteiger partial charge on any atom is 0.330 e. The Morgan fingerprint density at radius 1 is 1.17 bits per heavy atom. The Kier molecular flexibility index (Phi) is 4.79.